The summed E-state index contributed by atoms with van der Waals surface area (Å²) in [5.41, 5.74) is 8.42. The third-order valence-electron chi connectivity index (χ3n) is 8.67. The lowest BCUT2D eigenvalue weighted by molar-refractivity contribution is -0.135. The molecule has 0 spiro atoms. The van der Waals surface area contributed by atoms with E-state index in [0.29, 0.717) is 38.0 Å². The first-order valence-corrected chi connectivity index (χ1v) is 16.6. The highest BCUT2D eigenvalue weighted by molar-refractivity contribution is 7.89. The third kappa shape index (κ3) is 7.32. The Morgan fingerprint density at radius 3 is 2.41 bits per heavy atom. The molecule has 1 saturated carbocycles. The molecule has 3 aromatic carbocycles. The number of nitrogen functional groups attached to an aromatic ring is 1. The number of carbonyl (C=O) groups is 1. The molecule has 1 heterocycles. The molecule has 234 valence electrons. The summed E-state index contributed by atoms with van der Waals surface area (Å²) in [6, 6.07) is 24.8. The molecule has 2 unspecified atom stereocenters. The van der Waals surface area contributed by atoms with Crippen LogP contribution < -0.4 is 11.1 Å². The minimum absolute atomic E-state index is 0.0872. The maximum Gasteiger partial charge on any atom is 0.243 e. The van der Waals surface area contributed by atoms with Crippen molar-refractivity contribution in [1.29, 1.82) is 0 Å². The number of aliphatic hydroxyl groups is 1. The summed E-state index contributed by atoms with van der Waals surface area (Å²) in [7, 11) is -2.42. The number of benzene rings is 3. The number of aliphatic hydroxyl groups excluding tert-OH is 1. The average molecular weight is 619 g/mol. The summed E-state index contributed by atoms with van der Waals surface area (Å²) in [6.45, 7) is 0.216. The number of methoxy groups -OCH3 is 1. The molecule has 1 aliphatic carbocycles. The average Bonchev–Trinajstić information content (AvgIpc) is 3.67. The van der Waals surface area contributed by atoms with Crippen LogP contribution in [0.25, 0.3) is 10.9 Å². The lowest BCUT2D eigenvalue weighted by atomic mass is 9.85. The van der Waals surface area contributed by atoms with E-state index < -0.39 is 27.6 Å². The van der Waals surface area contributed by atoms with Gasteiger partial charge < -0.3 is 25.9 Å². The third-order valence-corrected chi connectivity index (χ3v) is 10.5. The fraction of sp³-hybridized carbons (Fsp3) is 0.382. The van der Waals surface area contributed by atoms with Crippen molar-refractivity contribution in [3.63, 3.8) is 0 Å². The number of para-hydroxylation sites is 1. The molecule has 0 saturated heterocycles. The van der Waals surface area contributed by atoms with E-state index in [2.05, 4.69) is 10.3 Å². The van der Waals surface area contributed by atoms with E-state index in [1.165, 1.54) is 16.4 Å². The number of hydrogen-bond acceptors (Lipinski definition) is 6. The summed E-state index contributed by atoms with van der Waals surface area (Å²) < 4.78 is 34.7. The van der Waals surface area contributed by atoms with Gasteiger partial charge in [0.2, 0.25) is 15.9 Å². The molecule has 1 aromatic heterocycles. The normalized spacial score (nSPS) is 16.2. The first-order chi connectivity index (χ1) is 21.2. The number of carbonyl (C=O) groups excluding carboxylic acids is 1. The van der Waals surface area contributed by atoms with Gasteiger partial charge >= 0.3 is 0 Å². The Labute approximate surface area is 259 Å². The van der Waals surface area contributed by atoms with E-state index in [1.54, 1.807) is 19.2 Å². The molecule has 44 heavy (non-hydrogen) atoms. The van der Waals surface area contributed by atoms with Crippen molar-refractivity contribution >= 4 is 32.5 Å². The predicted octanol–water partition coefficient (Wildman–Crippen LogP) is 4.28. The second-order valence-corrected chi connectivity index (χ2v) is 13.8. The van der Waals surface area contributed by atoms with Crippen molar-refractivity contribution in [1.82, 2.24) is 14.6 Å². The molecule has 0 bridgehead atoms. The number of ether oxygens (including phenoxy) is 1. The molecule has 1 amide bonds. The standard InChI is InChI=1S/C34H42N4O5S/c1-43-24-34(18-7-8-19-34)33(40)37-31(21-25-9-3-2-4-10-25)32(39)23-38(44(41,42)29-15-13-27(35)14-16-29)20-17-28-22-26-11-5-6-12-30(26)36-28/h2-6,9-16,22,31-32,36,39H,7-8,17-21,23-24,35H2,1H3,(H,37,40). The number of nitrogens with one attached hydrogen (secondary N) is 2. The van der Waals surface area contributed by atoms with Gasteiger partial charge in [-0.15, -0.1) is 0 Å². The lowest BCUT2D eigenvalue weighted by Gasteiger charge is -2.33. The maximum atomic E-state index is 14.0. The Morgan fingerprint density at radius 1 is 1.05 bits per heavy atom. The summed E-state index contributed by atoms with van der Waals surface area (Å²) >= 11 is 0. The van der Waals surface area contributed by atoms with Crippen LogP contribution >= 0.6 is 0 Å². The van der Waals surface area contributed by atoms with Crippen LogP contribution in [0.2, 0.25) is 0 Å². The van der Waals surface area contributed by atoms with Crippen molar-refractivity contribution in [2.75, 3.05) is 32.5 Å². The Kier molecular flexibility index (Phi) is 10.1. The first-order valence-electron chi connectivity index (χ1n) is 15.1. The summed E-state index contributed by atoms with van der Waals surface area (Å²) in [5, 5.41) is 15.9. The summed E-state index contributed by atoms with van der Waals surface area (Å²) in [4.78, 5) is 17.2. The summed E-state index contributed by atoms with van der Waals surface area (Å²) in [5.74, 6) is -0.164. The predicted molar refractivity (Wildman–Crippen MR) is 172 cm³/mol. The number of fused-ring (bicyclic) bond motifs is 1. The highest BCUT2D eigenvalue weighted by Crippen LogP contribution is 2.39. The van der Waals surface area contributed by atoms with Crippen molar-refractivity contribution in [3.05, 3.63) is 96.2 Å². The van der Waals surface area contributed by atoms with Gasteiger partial charge in [-0.1, -0.05) is 61.4 Å². The minimum atomic E-state index is -4.01. The van der Waals surface area contributed by atoms with Gasteiger partial charge in [-0.2, -0.15) is 4.31 Å². The number of H-pyrrole nitrogens is 1. The number of hydrogen-bond donors (Lipinski definition) is 4. The molecule has 9 nitrogen and oxygen atoms in total. The molecule has 0 aliphatic heterocycles. The van der Waals surface area contributed by atoms with Gasteiger partial charge in [-0.25, -0.2) is 8.42 Å². The van der Waals surface area contributed by atoms with E-state index in [4.69, 9.17) is 10.5 Å². The number of nitrogens with two attached hydrogens (primary N) is 1. The zero-order valence-electron chi connectivity index (χ0n) is 25.1. The van der Waals surface area contributed by atoms with Crippen LogP contribution in [-0.4, -0.2) is 67.7 Å². The molecule has 1 aliphatic rings. The Balaban J connectivity index is 1.42. The molecule has 5 N–H and O–H groups in total. The monoisotopic (exact) mass is 618 g/mol. The molecular formula is C34H42N4O5S. The fourth-order valence-corrected chi connectivity index (χ4v) is 7.64. The number of sulfonamides is 1. The topological polar surface area (TPSA) is 138 Å². The van der Waals surface area contributed by atoms with Crippen molar-refractivity contribution < 1.29 is 23.1 Å². The molecule has 10 heteroatoms. The zero-order valence-corrected chi connectivity index (χ0v) is 25.9. The Morgan fingerprint density at radius 2 is 1.73 bits per heavy atom. The van der Waals surface area contributed by atoms with Crippen LogP contribution in [0, 0.1) is 5.41 Å². The molecule has 2 atom stereocenters. The van der Waals surface area contributed by atoms with E-state index in [-0.39, 0.29) is 23.9 Å². The number of aromatic amines is 1. The minimum Gasteiger partial charge on any atom is -0.399 e. The van der Waals surface area contributed by atoms with Gasteiger partial charge in [0.05, 0.1) is 29.1 Å². The molecule has 5 rings (SSSR count). The van der Waals surface area contributed by atoms with Gasteiger partial charge in [0, 0.05) is 43.5 Å². The van der Waals surface area contributed by atoms with E-state index in [1.807, 2.05) is 60.7 Å². The van der Waals surface area contributed by atoms with Gasteiger partial charge in [-0.05, 0) is 66.6 Å². The fourth-order valence-electron chi connectivity index (χ4n) is 6.19. The maximum absolute atomic E-state index is 14.0. The quantitative estimate of drug-likeness (QED) is 0.156. The smallest absolute Gasteiger partial charge is 0.243 e. The van der Waals surface area contributed by atoms with Crippen LogP contribution in [0.15, 0.2) is 89.8 Å². The zero-order chi connectivity index (χ0) is 31.2. The number of nitrogens with zero attached hydrogens (tertiary/aromatic N) is 1. The van der Waals surface area contributed by atoms with Crippen LogP contribution in [-0.2, 0) is 32.4 Å². The van der Waals surface area contributed by atoms with Gasteiger partial charge in [0.25, 0.3) is 0 Å². The molecular weight excluding hydrogens is 576 g/mol. The van der Waals surface area contributed by atoms with Crippen LogP contribution in [0.4, 0.5) is 5.69 Å². The number of rotatable bonds is 14. The van der Waals surface area contributed by atoms with Crippen molar-refractivity contribution in [2.24, 2.45) is 5.41 Å². The second-order valence-electron chi connectivity index (χ2n) is 11.8. The highest BCUT2D eigenvalue weighted by atomic mass is 32.2. The van der Waals surface area contributed by atoms with Crippen molar-refractivity contribution in [2.45, 2.75) is 55.6 Å². The largest absolute Gasteiger partial charge is 0.399 e. The van der Waals surface area contributed by atoms with E-state index >= 15 is 0 Å². The lowest BCUT2D eigenvalue weighted by Crippen LogP contribution is -2.54. The van der Waals surface area contributed by atoms with Crippen LogP contribution in [0.5, 0.6) is 0 Å². The SMILES string of the molecule is COCC1(C(=O)NC(Cc2ccccc2)C(O)CN(CCc2cc3ccccc3[nH]2)S(=O)(=O)c2ccc(N)cc2)CCCC1. The van der Waals surface area contributed by atoms with Crippen LogP contribution in [0.1, 0.15) is 36.9 Å². The highest BCUT2D eigenvalue weighted by Gasteiger charge is 2.43. The van der Waals surface area contributed by atoms with Gasteiger partial charge in [-0.3, -0.25) is 4.79 Å². The molecule has 0 radical (unpaired) electrons. The van der Waals surface area contributed by atoms with E-state index in [0.717, 1.165) is 35.0 Å². The second kappa shape index (κ2) is 13.9. The van der Waals surface area contributed by atoms with Crippen LogP contribution in [0.3, 0.4) is 0 Å². The number of aromatic nitrogens is 1. The first kappa shape index (κ1) is 31.7. The summed E-state index contributed by atoms with van der Waals surface area (Å²) in [6.07, 6.45) is 2.85. The Bertz CT molecular complexity index is 1600. The number of anilines is 1. The van der Waals surface area contributed by atoms with Gasteiger partial charge in [0.15, 0.2) is 0 Å². The molecule has 1 fully saturated rings. The number of amides is 1. The van der Waals surface area contributed by atoms with Gasteiger partial charge in [0.1, 0.15) is 0 Å². The van der Waals surface area contributed by atoms with E-state index in [9.17, 15) is 18.3 Å². The molecule has 4 aromatic rings. The Hall–Kier alpha value is -3.70. The van der Waals surface area contributed by atoms with Crippen molar-refractivity contribution in [3.8, 4) is 0 Å².